The molecule has 1 rings (SSSR count). The summed E-state index contributed by atoms with van der Waals surface area (Å²) in [7, 11) is 0. The zero-order chi connectivity index (χ0) is 15.5. The van der Waals surface area contributed by atoms with Gasteiger partial charge in [0.1, 0.15) is 6.04 Å². The zero-order valence-corrected chi connectivity index (χ0v) is 11.7. The average molecular weight is 310 g/mol. The van der Waals surface area contributed by atoms with Crippen LogP contribution >= 0.6 is 11.6 Å². The Hall–Kier alpha value is -1.27. The van der Waals surface area contributed by atoms with Gasteiger partial charge in [-0.2, -0.15) is 13.2 Å². The van der Waals surface area contributed by atoms with Crippen LogP contribution in [0, 0.1) is 5.92 Å². The van der Waals surface area contributed by atoms with Crippen LogP contribution in [-0.4, -0.2) is 17.1 Å². The molecular weight excluding hydrogens is 295 g/mol. The summed E-state index contributed by atoms with van der Waals surface area (Å²) < 4.78 is 38.1. The Kier molecular flexibility index (Phi) is 5.42. The van der Waals surface area contributed by atoms with Crippen molar-refractivity contribution in [2.75, 3.05) is 0 Å². The maximum Gasteiger partial charge on any atom is 0.417 e. The molecule has 0 aromatic heterocycles. The lowest BCUT2D eigenvalue weighted by Gasteiger charge is -2.18. The minimum absolute atomic E-state index is 0.0232. The summed E-state index contributed by atoms with van der Waals surface area (Å²) in [6.45, 7) is 3.46. The van der Waals surface area contributed by atoms with Crippen LogP contribution in [0.1, 0.15) is 25.0 Å². The van der Waals surface area contributed by atoms with E-state index in [1.807, 2.05) is 0 Å². The van der Waals surface area contributed by atoms with E-state index in [0.29, 0.717) is 5.56 Å². The molecule has 1 aromatic carbocycles. The van der Waals surface area contributed by atoms with Gasteiger partial charge in [0.05, 0.1) is 10.6 Å². The maximum atomic E-state index is 12.7. The Balaban J connectivity index is 2.87. The molecule has 0 saturated heterocycles. The molecule has 0 spiro atoms. The number of benzene rings is 1. The molecule has 0 aliphatic rings. The number of hydrogen-bond donors (Lipinski definition) is 2. The number of rotatable bonds is 5. The molecule has 0 saturated carbocycles. The molecule has 0 radical (unpaired) electrons. The molecule has 0 aliphatic carbocycles. The van der Waals surface area contributed by atoms with Crippen LogP contribution < -0.4 is 5.32 Å². The van der Waals surface area contributed by atoms with Gasteiger partial charge in [0, 0.05) is 6.54 Å². The number of aliphatic carboxylic acids is 1. The first-order chi connectivity index (χ1) is 9.12. The second kappa shape index (κ2) is 6.45. The third-order valence-electron chi connectivity index (χ3n) is 2.79. The molecule has 0 aliphatic heterocycles. The second-order valence-corrected chi connectivity index (χ2v) is 5.16. The topological polar surface area (TPSA) is 49.3 Å². The molecule has 0 heterocycles. The minimum Gasteiger partial charge on any atom is -0.480 e. The van der Waals surface area contributed by atoms with Gasteiger partial charge in [-0.1, -0.05) is 31.5 Å². The highest BCUT2D eigenvalue weighted by atomic mass is 35.5. The highest BCUT2D eigenvalue weighted by molar-refractivity contribution is 6.31. The van der Waals surface area contributed by atoms with E-state index in [0.717, 1.165) is 12.1 Å². The van der Waals surface area contributed by atoms with E-state index in [1.54, 1.807) is 13.8 Å². The third-order valence-corrected chi connectivity index (χ3v) is 3.12. The van der Waals surface area contributed by atoms with Gasteiger partial charge < -0.3 is 10.4 Å². The van der Waals surface area contributed by atoms with Gasteiger partial charge >= 0.3 is 12.1 Å². The Labute approximate surface area is 119 Å². The SMILES string of the molecule is CC(C)[C@H](NCc1ccc(Cl)c(C(F)(F)F)c1)C(=O)O. The first-order valence-corrected chi connectivity index (χ1v) is 6.32. The number of carboxylic acids is 1. The van der Waals surface area contributed by atoms with Crippen molar-refractivity contribution >= 4 is 17.6 Å². The maximum absolute atomic E-state index is 12.7. The number of carboxylic acid groups (broad SMARTS) is 1. The Morgan fingerprint density at radius 1 is 1.40 bits per heavy atom. The molecule has 0 amide bonds. The molecule has 0 fully saturated rings. The minimum atomic E-state index is -4.53. The average Bonchev–Trinajstić information content (AvgIpc) is 2.28. The molecule has 20 heavy (non-hydrogen) atoms. The van der Waals surface area contributed by atoms with Crippen LogP contribution in [0.5, 0.6) is 0 Å². The highest BCUT2D eigenvalue weighted by Gasteiger charge is 2.33. The van der Waals surface area contributed by atoms with E-state index >= 15 is 0 Å². The molecule has 1 aromatic rings. The van der Waals surface area contributed by atoms with E-state index in [2.05, 4.69) is 5.32 Å². The fourth-order valence-corrected chi connectivity index (χ4v) is 1.96. The van der Waals surface area contributed by atoms with Gasteiger partial charge in [0.15, 0.2) is 0 Å². The molecular formula is C13H15ClF3NO2. The van der Waals surface area contributed by atoms with Crippen molar-refractivity contribution in [3.05, 3.63) is 34.3 Å². The fraction of sp³-hybridized carbons (Fsp3) is 0.462. The van der Waals surface area contributed by atoms with Crippen molar-refractivity contribution in [3.8, 4) is 0 Å². The lowest BCUT2D eigenvalue weighted by Crippen LogP contribution is -2.40. The fourth-order valence-electron chi connectivity index (χ4n) is 1.74. The summed E-state index contributed by atoms with van der Waals surface area (Å²) in [5.41, 5.74) is -0.594. The number of alkyl halides is 3. The van der Waals surface area contributed by atoms with Crippen LogP contribution in [-0.2, 0) is 17.5 Å². The largest absolute Gasteiger partial charge is 0.480 e. The lowest BCUT2D eigenvalue weighted by molar-refractivity contribution is -0.141. The van der Waals surface area contributed by atoms with E-state index in [1.165, 1.54) is 6.07 Å². The van der Waals surface area contributed by atoms with E-state index < -0.39 is 23.8 Å². The second-order valence-electron chi connectivity index (χ2n) is 4.75. The zero-order valence-electron chi connectivity index (χ0n) is 11.0. The standard InChI is InChI=1S/C13H15ClF3NO2/c1-7(2)11(12(19)20)18-6-8-3-4-10(14)9(5-8)13(15,16)17/h3-5,7,11,18H,6H2,1-2H3,(H,19,20)/t11-/m0/s1. The van der Waals surface area contributed by atoms with Gasteiger partial charge in [-0.15, -0.1) is 0 Å². The number of halogens is 4. The van der Waals surface area contributed by atoms with Crippen molar-refractivity contribution in [2.24, 2.45) is 5.92 Å². The summed E-state index contributed by atoms with van der Waals surface area (Å²) in [5, 5.41) is 11.3. The Morgan fingerprint density at radius 3 is 2.45 bits per heavy atom. The normalized spacial score (nSPS) is 13.6. The van der Waals surface area contributed by atoms with Crippen molar-refractivity contribution in [1.82, 2.24) is 5.32 Å². The smallest absolute Gasteiger partial charge is 0.417 e. The van der Waals surface area contributed by atoms with Gasteiger partial charge in [-0.25, -0.2) is 0 Å². The number of carbonyl (C=O) groups is 1. The molecule has 7 heteroatoms. The number of hydrogen-bond acceptors (Lipinski definition) is 2. The predicted octanol–water partition coefficient (Wildman–Crippen LogP) is 3.56. The van der Waals surface area contributed by atoms with Crippen molar-refractivity contribution in [3.63, 3.8) is 0 Å². The third kappa shape index (κ3) is 4.38. The van der Waals surface area contributed by atoms with Crippen LogP contribution in [0.3, 0.4) is 0 Å². The monoisotopic (exact) mass is 309 g/mol. The first-order valence-electron chi connectivity index (χ1n) is 5.94. The highest BCUT2D eigenvalue weighted by Crippen LogP contribution is 2.35. The number of nitrogens with one attached hydrogen (secondary N) is 1. The Morgan fingerprint density at radius 2 is 2.00 bits per heavy atom. The van der Waals surface area contributed by atoms with Gasteiger partial charge in [0.2, 0.25) is 0 Å². The van der Waals surface area contributed by atoms with E-state index in [4.69, 9.17) is 16.7 Å². The van der Waals surface area contributed by atoms with Crippen molar-refractivity contribution < 1.29 is 23.1 Å². The van der Waals surface area contributed by atoms with Crippen LogP contribution in [0.15, 0.2) is 18.2 Å². The van der Waals surface area contributed by atoms with Gasteiger partial charge in [-0.05, 0) is 23.6 Å². The summed E-state index contributed by atoms with van der Waals surface area (Å²) in [6.07, 6.45) is -4.53. The van der Waals surface area contributed by atoms with Gasteiger partial charge in [0.25, 0.3) is 0 Å². The molecule has 3 nitrogen and oxygen atoms in total. The van der Waals surface area contributed by atoms with Crippen LogP contribution in [0.4, 0.5) is 13.2 Å². The summed E-state index contributed by atoms with van der Waals surface area (Å²) >= 11 is 5.51. The van der Waals surface area contributed by atoms with Gasteiger partial charge in [-0.3, -0.25) is 4.79 Å². The molecule has 2 N–H and O–H groups in total. The van der Waals surface area contributed by atoms with Crippen LogP contribution in [0.25, 0.3) is 0 Å². The van der Waals surface area contributed by atoms with E-state index in [9.17, 15) is 18.0 Å². The summed E-state index contributed by atoms with van der Waals surface area (Å²) in [4.78, 5) is 11.0. The van der Waals surface area contributed by atoms with E-state index in [-0.39, 0.29) is 17.5 Å². The quantitative estimate of drug-likeness (QED) is 0.874. The van der Waals surface area contributed by atoms with Crippen LogP contribution in [0.2, 0.25) is 5.02 Å². The Bertz CT molecular complexity index is 489. The molecule has 1 atom stereocenters. The molecule has 112 valence electrons. The summed E-state index contributed by atoms with van der Waals surface area (Å²) in [6, 6.07) is 2.70. The predicted molar refractivity (Wildman–Crippen MR) is 69.6 cm³/mol. The molecule has 0 unspecified atom stereocenters. The van der Waals surface area contributed by atoms with Crippen molar-refractivity contribution in [1.29, 1.82) is 0 Å². The van der Waals surface area contributed by atoms with Crippen molar-refractivity contribution in [2.45, 2.75) is 32.6 Å². The summed E-state index contributed by atoms with van der Waals surface area (Å²) in [5.74, 6) is -1.22. The molecule has 0 bridgehead atoms. The lowest BCUT2D eigenvalue weighted by atomic mass is 10.0. The first kappa shape index (κ1) is 16.8.